The maximum Gasteiger partial charge on any atom is 0.0580 e. The topological polar surface area (TPSA) is 21.3 Å². The van der Waals surface area contributed by atoms with Gasteiger partial charge in [0.15, 0.2) is 0 Å². The van der Waals surface area contributed by atoms with Crippen molar-refractivity contribution in [1.29, 1.82) is 0 Å². The molecular weight excluding hydrogens is 246 g/mol. The third-order valence-electron chi connectivity index (χ3n) is 5.43. The Morgan fingerprint density at radius 1 is 1.00 bits per heavy atom. The number of hydrogen-bond donors (Lipinski definition) is 1. The first-order valence-corrected chi connectivity index (χ1v) is 8.97. The monoisotopic (exact) mass is 281 g/mol. The van der Waals surface area contributed by atoms with Crippen molar-refractivity contribution in [2.75, 3.05) is 13.2 Å². The molecule has 2 fully saturated rings. The van der Waals surface area contributed by atoms with Gasteiger partial charge in [0.2, 0.25) is 0 Å². The molecule has 20 heavy (non-hydrogen) atoms. The van der Waals surface area contributed by atoms with Crippen LogP contribution in [0.2, 0.25) is 0 Å². The third kappa shape index (κ3) is 4.46. The van der Waals surface area contributed by atoms with E-state index < -0.39 is 0 Å². The highest BCUT2D eigenvalue weighted by Gasteiger charge is 2.35. The van der Waals surface area contributed by atoms with E-state index in [0.717, 1.165) is 42.9 Å². The Kier molecular flexibility index (Phi) is 6.35. The quantitative estimate of drug-likeness (QED) is 0.753. The molecule has 0 aliphatic heterocycles. The zero-order valence-corrected chi connectivity index (χ0v) is 14.0. The van der Waals surface area contributed by atoms with Crippen LogP contribution in [0.4, 0.5) is 0 Å². The molecule has 0 bridgehead atoms. The second kappa shape index (κ2) is 7.79. The summed E-state index contributed by atoms with van der Waals surface area (Å²) >= 11 is 0. The highest BCUT2D eigenvalue weighted by atomic mass is 16.5. The lowest BCUT2D eigenvalue weighted by Crippen LogP contribution is -2.44. The minimum atomic E-state index is 0.566. The molecule has 1 N–H and O–H groups in total. The highest BCUT2D eigenvalue weighted by molar-refractivity contribution is 4.89. The van der Waals surface area contributed by atoms with Gasteiger partial charge in [-0.25, -0.2) is 0 Å². The molecule has 2 aliphatic rings. The van der Waals surface area contributed by atoms with Crippen LogP contribution in [0.5, 0.6) is 0 Å². The van der Waals surface area contributed by atoms with Crippen LogP contribution in [0.1, 0.15) is 66.2 Å². The van der Waals surface area contributed by atoms with Crippen molar-refractivity contribution >= 4 is 0 Å². The molecule has 0 heterocycles. The normalized spacial score (nSPS) is 39.3. The highest BCUT2D eigenvalue weighted by Crippen LogP contribution is 2.39. The molecule has 0 aromatic carbocycles. The number of rotatable bonds is 7. The van der Waals surface area contributed by atoms with Crippen LogP contribution in [-0.2, 0) is 4.74 Å². The molecule has 118 valence electrons. The fraction of sp³-hybridized carbons (Fsp3) is 1.00. The zero-order chi connectivity index (χ0) is 14.5. The summed E-state index contributed by atoms with van der Waals surface area (Å²) in [5.74, 6) is 3.65. The average Bonchev–Trinajstić information content (AvgIpc) is 2.34. The van der Waals surface area contributed by atoms with Crippen molar-refractivity contribution in [3.63, 3.8) is 0 Å². The standard InChI is InChI=1S/C18H35NO/c1-5-19-18(12-15-10-17(11-15)20-6-2)16-8-13(3)7-14(4)9-16/h13-19H,5-12H2,1-4H3. The molecule has 0 aromatic rings. The van der Waals surface area contributed by atoms with E-state index in [-0.39, 0.29) is 0 Å². The summed E-state index contributed by atoms with van der Waals surface area (Å²) in [5.41, 5.74) is 0. The van der Waals surface area contributed by atoms with Gasteiger partial charge in [0.25, 0.3) is 0 Å². The second-order valence-electron chi connectivity index (χ2n) is 7.49. The zero-order valence-electron chi connectivity index (χ0n) is 14.0. The van der Waals surface area contributed by atoms with E-state index in [1.807, 2.05) is 0 Å². The fourth-order valence-electron chi connectivity index (χ4n) is 4.64. The van der Waals surface area contributed by atoms with Gasteiger partial charge < -0.3 is 10.1 Å². The average molecular weight is 281 g/mol. The molecule has 3 unspecified atom stereocenters. The molecule has 0 radical (unpaired) electrons. The van der Waals surface area contributed by atoms with Crippen LogP contribution in [0, 0.1) is 23.7 Å². The summed E-state index contributed by atoms with van der Waals surface area (Å²) in [5, 5.41) is 3.80. The molecule has 3 atom stereocenters. The smallest absolute Gasteiger partial charge is 0.0580 e. The van der Waals surface area contributed by atoms with E-state index in [0.29, 0.717) is 6.10 Å². The molecule has 0 saturated heterocycles. The van der Waals surface area contributed by atoms with E-state index in [1.54, 1.807) is 0 Å². The molecule has 0 spiro atoms. The van der Waals surface area contributed by atoms with Crippen molar-refractivity contribution in [2.45, 2.75) is 78.4 Å². The Morgan fingerprint density at radius 2 is 1.65 bits per heavy atom. The first-order valence-electron chi connectivity index (χ1n) is 8.97. The maximum atomic E-state index is 5.71. The Bertz CT molecular complexity index is 265. The van der Waals surface area contributed by atoms with Crippen molar-refractivity contribution < 1.29 is 4.74 Å². The lowest BCUT2D eigenvalue weighted by Gasteiger charge is -2.42. The van der Waals surface area contributed by atoms with Crippen LogP contribution >= 0.6 is 0 Å². The van der Waals surface area contributed by atoms with Gasteiger partial charge in [-0.15, -0.1) is 0 Å². The van der Waals surface area contributed by atoms with Crippen molar-refractivity contribution in [3.05, 3.63) is 0 Å². The van der Waals surface area contributed by atoms with Gasteiger partial charge in [0.05, 0.1) is 6.10 Å². The van der Waals surface area contributed by atoms with Gasteiger partial charge in [-0.1, -0.05) is 20.8 Å². The third-order valence-corrected chi connectivity index (χ3v) is 5.43. The molecule has 2 rings (SSSR count). The van der Waals surface area contributed by atoms with Gasteiger partial charge in [0.1, 0.15) is 0 Å². The molecule has 2 saturated carbocycles. The van der Waals surface area contributed by atoms with Gasteiger partial charge in [-0.3, -0.25) is 0 Å². The number of hydrogen-bond acceptors (Lipinski definition) is 2. The van der Waals surface area contributed by atoms with Crippen molar-refractivity contribution in [2.24, 2.45) is 23.7 Å². The van der Waals surface area contributed by atoms with Gasteiger partial charge in [0, 0.05) is 12.6 Å². The van der Waals surface area contributed by atoms with E-state index in [9.17, 15) is 0 Å². The van der Waals surface area contributed by atoms with Crippen molar-refractivity contribution in [3.8, 4) is 0 Å². The first-order chi connectivity index (χ1) is 9.62. The maximum absolute atomic E-state index is 5.71. The SMILES string of the molecule is CCNC(CC1CC(OCC)C1)C1CC(C)CC(C)C1. The lowest BCUT2D eigenvalue weighted by atomic mass is 9.69. The van der Waals surface area contributed by atoms with Crippen LogP contribution < -0.4 is 5.32 Å². The molecule has 0 aromatic heterocycles. The summed E-state index contributed by atoms with van der Waals surface area (Å²) < 4.78 is 5.71. The van der Waals surface area contributed by atoms with Gasteiger partial charge in [-0.2, -0.15) is 0 Å². The summed E-state index contributed by atoms with van der Waals surface area (Å²) in [6.45, 7) is 11.3. The minimum absolute atomic E-state index is 0.566. The molecule has 2 heteroatoms. The Labute approximate surface area is 126 Å². The van der Waals surface area contributed by atoms with Gasteiger partial charge in [-0.05, 0) is 75.7 Å². The summed E-state index contributed by atoms with van der Waals surface area (Å²) in [6, 6.07) is 0.748. The Hall–Kier alpha value is -0.0800. The minimum Gasteiger partial charge on any atom is -0.378 e. The number of nitrogens with one attached hydrogen (secondary N) is 1. The van der Waals surface area contributed by atoms with Crippen molar-refractivity contribution in [1.82, 2.24) is 5.32 Å². The first kappa shape index (κ1) is 16.3. The molecule has 2 aliphatic carbocycles. The van der Waals surface area contributed by atoms with E-state index in [1.165, 1.54) is 38.5 Å². The van der Waals surface area contributed by atoms with Gasteiger partial charge >= 0.3 is 0 Å². The van der Waals surface area contributed by atoms with Crippen LogP contribution in [0.15, 0.2) is 0 Å². The lowest BCUT2D eigenvalue weighted by molar-refractivity contribution is -0.0320. The Morgan fingerprint density at radius 3 is 2.20 bits per heavy atom. The van der Waals surface area contributed by atoms with Crippen LogP contribution in [0.3, 0.4) is 0 Å². The second-order valence-corrected chi connectivity index (χ2v) is 7.49. The Balaban J connectivity index is 1.81. The van der Waals surface area contributed by atoms with E-state index in [4.69, 9.17) is 4.74 Å². The van der Waals surface area contributed by atoms with Crippen LogP contribution in [-0.4, -0.2) is 25.3 Å². The van der Waals surface area contributed by atoms with E-state index >= 15 is 0 Å². The summed E-state index contributed by atoms with van der Waals surface area (Å²) in [6.07, 6.45) is 8.85. The summed E-state index contributed by atoms with van der Waals surface area (Å²) in [7, 11) is 0. The van der Waals surface area contributed by atoms with Crippen LogP contribution in [0.25, 0.3) is 0 Å². The van der Waals surface area contributed by atoms with E-state index in [2.05, 4.69) is 33.0 Å². The molecule has 2 nitrogen and oxygen atoms in total. The fourth-order valence-corrected chi connectivity index (χ4v) is 4.64. The molecular formula is C18H35NO. The molecule has 0 amide bonds. The number of ether oxygens (including phenoxy) is 1. The predicted molar refractivity (Wildman–Crippen MR) is 85.9 cm³/mol. The largest absolute Gasteiger partial charge is 0.378 e. The predicted octanol–water partition coefficient (Wildman–Crippen LogP) is 4.24. The summed E-state index contributed by atoms with van der Waals surface area (Å²) in [4.78, 5) is 0.